The normalized spacial score (nSPS) is 11.3. The van der Waals surface area contributed by atoms with Crippen LogP contribution in [0.15, 0.2) is 28.6 Å². The van der Waals surface area contributed by atoms with E-state index < -0.39 is 16.0 Å². The minimum absolute atomic E-state index is 0.00999. The number of carboxylic acids is 1. The van der Waals surface area contributed by atoms with Crippen molar-refractivity contribution in [1.29, 1.82) is 0 Å². The molecule has 0 atom stereocenters. The minimum Gasteiger partial charge on any atom is -0.478 e. The Bertz CT molecular complexity index is 770. The maximum Gasteiger partial charge on any atom is 0.335 e. The Hall–Kier alpha value is -1.64. The highest BCUT2D eigenvalue weighted by molar-refractivity contribution is 7.94. The van der Waals surface area contributed by atoms with E-state index in [1.54, 1.807) is 6.92 Å². The second-order valence-electron chi connectivity index (χ2n) is 3.87. The first-order chi connectivity index (χ1) is 9.29. The number of anilines is 1. The smallest absolute Gasteiger partial charge is 0.335 e. The van der Waals surface area contributed by atoms with E-state index in [1.165, 1.54) is 18.2 Å². The van der Waals surface area contributed by atoms with E-state index in [0.717, 1.165) is 17.5 Å². The average molecular weight is 333 g/mol. The number of hydrogen-bond donors (Lipinski definition) is 2. The number of benzene rings is 1. The predicted octanol–water partition coefficient (Wildman–Crippen LogP) is 2.60. The van der Waals surface area contributed by atoms with Gasteiger partial charge in [0.2, 0.25) is 0 Å². The molecule has 106 valence electrons. The summed E-state index contributed by atoms with van der Waals surface area (Å²) in [6, 6.07) is 4.12. The molecule has 1 heterocycles. The van der Waals surface area contributed by atoms with Gasteiger partial charge in [0.25, 0.3) is 10.0 Å². The van der Waals surface area contributed by atoms with Gasteiger partial charge in [-0.05, 0) is 30.7 Å². The standard InChI is InChI=1S/C11H9ClN2O4S2/c1-6-4-7(10(15)16)2-3-8(6)14-20(17,18)9-5-13-11(12)19-9/h2-5,14H,1H3,(H,15,16). The summed E-state index contributed by atoms with van der Waals surface area (Å²) in [5.41, 5.74) is 0.898. The molecule has 0 amide bonds. The van der Waals surface area contributed by atoms with Gasteiger partial charge in [0.1, 0.15) is 0 Å². The molecule has 2 rings (SSSR count). The Morgan fingerprint density at radius 1 is 1.45 bits per heavy atom. The van der Waals surface area contributed by atoms with Crippen LogP contribution in [-0.2, 0) is 10.0 Å². The van der Waals surface area contributed by atoms with Gasteiger partial charge in [-0.15, -0.1) is 0 Å². The van der Waals surface area contributed by atoms with Crippen molar-refractivity contribution in [3.63, 3.8) is 0 Å². The van der Waals surface area contributed by atoms with E-state index in [0.29, 0.717) is 11.3 Å². The van der Waals surface area contributed by atoms with Crippen LogP contribution in [0.5, 0.6) is 0 Å². The predicted molar refractivity (Wildman–Crippen MR) is 76.1 cm³/mol. The van der Waals surface area contributed by atoms with Crippen LogP contribution in [0.2, 0.25) is 4.47 Å². The first-order valence-electron chi connectivity index (χ1n) is 5.28. The molecular weight excluding hydrogens is 324 g/mol. The molecule has 0 saturated carbocycles. The number of aryl methyl sites for hydroxylation is 1. The number of nitrogens with zero attached hydrogens (tertiary/aromatic N) is 1. The van der Waals surface area contributed by atoms with Crippen LogP contribution in [0.1, 0.15) is 15.9 Å². The second kappa shape index (κ2) is 5.39. The second-order valence-corrected chi connectivity index (χ2v) is 7.39. The molecule has 0 saturated heterocycles. The average Bonchev–Trinajstić information content (AvgIpc) is 2.79. The molecule has 2 N–H and O–H groups in total. The highest BCUT2D eigenvalue weighted by atomic mass is 35.5. The zero-order valence-electron chi connectivity index (χ0n) is 10.1. The van der Waals surface area contributed by atoms with Crippen molar-refractivity contribution in [3.8, 4) is 0 Å². The molecule has 0 radical (unpaired) electrons. The maximum atomic E-state index is 12.1. The molecule has 0 unspecified atom stereocenters. The van der Waals surface area contributed by atoms with E-state index in [1.807, 2.05) is 0 Å². The molecule has 0 fully saturated rings. The summed E-state index contributed by atoms with van der Waals surface area (Å²) in [4.78, 5) is 14.5. The van der Waals surface area contributed by atoms with Crippen LogP contribution in [0.4, 0.5) is 5.69 Å². The van der Waals surface area contributed by atoms with E-state index in [-0.39, 0.29) is 14.2 Å². The lowest BCUT2D eigenvalue weighted by Gasteiger charge is -2.09. The number of carbonyl (C=O) groups is 1. The first-order valence-corrected chi connectivity index (χ1v) is 7.95. The molecular formula is C11H9ClN2O4S2. The molecule has 1 aromatic carbocycles. The number of aromatic carboxylic acids is 1. The number of thiazole rings is 1. The molecule has 0 aliphatic carbocycles. The molecule has 2 aromatic rings. The number of halogens is 1. The minimum atomic E-state index is -3.77. The molecule has 20 heavy (non-hydrogen) atoms. The number of hydrogen-bond acceptors (Lipinski definition) is 5. The zero-order valence-corrected chi connectivity index (χ0v) is 12.5. The number of sulfonamides is 1. The number of nitrogens with one attached hydrogen (secondary N) is 1. The van der Waals surface area contributed by atoms with Crippen molar-refractivity contribution in [3.05, 3.63) is 40.0 Å². The van der Waals surface area contributed by atoms with Gasteiger partial charge in [-0.1, -0.05) is 22.9 Å². The van der Waals surface area contributed by atoms with E-state index >= 15 is 0 Å². The zero-order chi connectivity index (χ0) is 14.9. The van der Waals surface area contributed by atoms with E-state index in [9.17, 15) is 13.2 Å². The highest BCUT2D eigenvalue weighted by Crippen LogP contribution is 2.26. The maximum absolute atomic E-state index is 12.1. The molecule has 0 aliphatic heterocycles. The lowest BCUT2D eigenvalue weighted by atomic mass is 10.1. The first kappa shape index (κ1) is 14.8. The third kappa shape index (κ3) is 3.09. The van der Waals surface area contributed by atoms with Crippen LogP contribution in [0.3, 0.4) is 0 Å². The van der Waals surface area contributed by atoms with Crippen molar-refractivity contribution >= 4 is 44.6 Å². The number of rotatable bonds is 4. The third-order valence-corrected chi connectivity index (χ3v) is 5.38. The Balaban J connectivity index is 2.32. The van der Waals surface area contributed by atoms with Gasteiger partial charge in [0.05, 0.1) is 17.4 Å². The van der Waals surface area contributed by atoms with Crippen molar-refractivity contribution in [2.45, 2.75) is 11.1 Å². The van der Waals surface area contributed by atoms with Crippen molar-refractivity contribution in [2.75, 3.05) is 4.72 Å². The Morgan fingerprint density at radius 2 is 2.15 bits per heavy atom. The molecule has 9 heteroatoms. The van der Waals surface area contributed by atoms with Gasteiger partial charge in [0, 0.05) is 0 Å². The van der Waals surface area contributed by atoms with Crippen LogP contribution in [0.25, 0.3) is 0 Å². The summed E-state index contributed by atoms with van der Waals surface area (Å²) in [5, 5.41) is 8.85. The fourth-order valence-corrected chi connectivity index (χ4v) is 3.89. The van der Waals surface area contributed by atoms with Gasteiger partial charge in [-0.2, -0.15) is 0 Å². The van der Waals surface area contributed by atoms with Gasteiger partial charge >= 0.3 is 5.97 Å². The summed E-state index contributed by atoms with van der Waals surface area (Å²) in [7, 11) is -3.77. The van der Waals surface area contributed by atoms with Gasteiger partial charge in [0.15, 0.2) is 8.68 Å². The number of carboxylic acid groups (broad SMARTS) is 1. The summed E-state index contributed by atoms with van der Waals surface area (Å²) in [5.74, 6) is -1.07. The third-order valence-electron chi connectivity index (χ3n) is 2.44. The van der Waals surface area contributed by atoms with Crippen LogP contribution in [-0.4, -0.2) is 24.5 Å². The van der Waals surface area contributed by atoms with Gasteiger partial charge < -0.3 is 5.11 Å². The summed E-state index contributed by atoms with van der Waals surface area (Å²) in [6.07, 6.45) is 1.16. The van der Waals surface area contributed by atoms with Crippen LogP contribution < -0.4 is 4.72 Å². The molecule has 0 spiro atoms. The Labute approximate surface area is 124 Å². The van der Waals surface area contributed by atoms with Crippen molar-refractivity contribution in [2.24, 2.45) is 0 Å². The Morgan fingerprint density at radius 3 is 2.65 bits per heavy atom. The SMILES string of the molecule is Cc1cc(C(=O)O)ccc1NS(=O)(=O)c1cnc(Cl)s1. The largest absolute Gasteiger partial charge is 0.478 e. The van der Waals surface area contributed by atoms with Crippen molar-refractivity contribution < 1.29 is 18.3 Å². The molecule has 0 bridgehead atoms. The van der Waals surface area contributed by atoms with Crippen molar-refractivity contribution in [1.82, 2.24) is 4.98 Å². The molecule has 0 aliphatic rings. The van der Waals surface area contributed by atoms with E-state index in [4.69, 9.17) is 16.7 Å². The fourth-order valence-electron chi connectivity index (χ4n) is 1.47. The quantitative estimate of drug-likeness (QED) is 0.897. The summed E-state index contributed by atoms with van der Waals surface area (Å²) in [6.45, 7) is 1.62. The van der Waals surface area contributed by atoms with Crippen LogP contribution >= 0.6 is 22.9 Å². The lowest BCUT2D eigenvalue weighted by molar-refractivity contribution is 0.0697. The summed E-state index contributed by atoms with van der Waals surface area (Å²) >= 11 is 6.44. The highest BCUT2D eigenvalue weighted by Gasteiger charge is 2.19. The summed E-state index contributed by atoms with van der Waals surface area (Å²) < 4.78 is 26.6. The van der Waals surface area contributed by atoms with Gasteiger partial charge in [-0.25, -0.2) is 18.2 Å². The van der Waals surface area contributed by atoms with Crippen LogP contribution in [0, 0.1) is 6.92 Å². The monoisotopic (exact) mass is 332 g/mol. The molecule has 6 nitrogen and oxygen atoms in total. The number of aromatic nitrogens is 1. The fraction of sp³-hybridized carbons (Fsp3) is 0.0909. The van der Waals surface area contributed by atoms with Gasteiger partial charge in [-0.3, -0.25) is 4.72 Å². The topological polar surface area (TPSA) is 96.4 Å². The Kier molecular flexibility index (Phi) is 3.98. The molecule has 1 aromatic heterocycles. The van der Waals surface area contributed by atoms with E-state index in [2.05, 4.69) is 9.71 Å². The lowest BCUT2D eigenvalue weighted by Crippen LogP contribution is -2.12.